The first-order valence-corrected chi connectivity index (χ1v) is 5.86. The van der Waals surface area contributed by atoms with E-state index >= 15 is 0 Å². The van der Waals surface area contributed by atoms with E-state index in [2.05, 4.69) is 24.3 Å². The lowest BCUT2D eigenvalue weighted by Gasteiger charge is -2.23. The number of fused-ring (bicyclic) bond motifs is 1. The van der Waals surface area contributed by atoms with Gasteiger partial charge in [-0.1, -0.05) is 24.3 Å². The van der Waals surface area contributed by atoms with Crippen molar-refractivity contribution < 1.29 is 4.79 Å². The van der Waals surface area contributed by atoms with Gasteiger partial charge in [-0.3, -0.25) is 4.79 Å². The molecule has 0 spiro atoms. The molecule has 0 bridgehead atoms. The number of benzene rings is 1. The van der Waals surface area contributed by atoms with Gasteiger partial charge in [0.1, 0.15) is 0 Å². The van der Waals surface area contributed by atoms with Crippen molar-refractivity contribution in [1.82, 2.24) is 4.90 Å². The van der Waals surface area contributed by atoms with E-state index in [-0.39, 0.29) is 11.9 Å². The number of carbonyl (C=O) groups is 1. The highest BCUT2D eigenvalue weighted by Crippen LogP contribution is 2.27. The number of nitrogens with zero attached hydrogens (tertiary/aromatic N) is 1. The lowest BCUT2D eigenvalue weighted by Crippen LogP contribution is -2.38. The van der Waals surface area contributed by atoms with Crippen LogP contribution in [0.5, 0.6) is 0 Å². The number of rotatable bonds is 1. The van der Waals surface area contributed by atoms with Gasteiger partial charge in [0.15, 0.2) is 0 Å². The number of amides is 1. The van der Waals surface area contributed by atoms with Gasteiger partial charge in [0.2, 0.25) is 5.91 Å². The zero-order chi connectivity index (χ0) is 11.1. The molecule has 16 heavy (non-hydrogen) atoms. The molecule has 1 atom stereocenters. The topological polar surface area (TPSA) is 46.3 Å². The largest absolute Gasteiger partial charge is 0.337 e. The molecule has 84 valence electrons. The Morgan fingerprint density at radius 3 is 2.25 bits per heavy atom. The molecule has 1 aliphatic heterocycles. The summed E-state index contributed by atoms with van der Waals surface area (Å²) in [5.74, 6) is 0.227. The van der Waals surface area contributed by atoms with E-state index in [9.17, 15) is 4.79 Å². The molecule has 1 heterocycles. The summed E-state index contributed by atoms with van der Waals surface area (Å²) in [6.07, 6.45) is 2.51. The van der Waals surface area contributed by atoms with Crippen LogP contribution in [0, 0.1) is 0 Å². The molecule has 1 amide bonds. The number of carbonyl (C=O) groups excluding carboxylic acids is 1. The SMILES string of the molecule is N[C@@H]1CC(=O)N(C2Cc3ccccc3C2)C1. The molecule has 3 heteroatoms. The molecular formula is C13H16N2O. The molecule has 1 aliphatic carbocycles. The zero-order valence-electron chi connectivity index (χ0n) is 9.23. The fourth-order valence-electron chi connectivity index (χ4n) is 2.87. The second-order valence-electron chi connectivity index (χ2n) is 4.84. The Kier molecular flexibility index (Phi) is 2.21. The quantitative estimate of drug-likeness (QED) is 0.751. The minimum atomic E-state index is 0.0382. The summed E-state index contributed by atoms with van der Waals surface area (Å²) < 4.78 is 0. The monoisotopic (exact) mass is 216 g/mol. The first-order chi connectivity index (χ1) is 7.74. The third kappa shape index (κ3) is 1.52. The van der Waals surface area contributed by atoms with Crippen LogP contribution >= 0.6 is 0 Å². The molecule has 1 saturated heterocycles. The van der Waals surface area contributed by atoms with Gasteiger partial charge < -0.3 is 10.6 Å². The van der Waals surface area contributed by atoms with E-state index in [4.69, 9.17) is 5.73 Å². The summed E-state index contributed by atoms with van der Waals surface area (Å²) >= 11 is 0. The minimum Gasteiger partial charge on any atom is -0.337 e. The van der Waals surface area contributed by atoms with Gasteiger partial charge in [-0.05, 0) is 24.0 Å². The molecule has 0 aromatic heterocycles. The lowest BCUT2D eigenvalue weighted by molar-refractivity contribution is -0.129. The molecule has 0 unspecified atom stereocenters. The van der Waals surface area contributed by atoms with Crippen molar-refractivity contribution in [2.45, 2.75) is 31.3 Å². The van der Waals surface area contributed by atoms with Crippen LogP contribution in [0.2, 0.25) is 0 Å². The number of hydrogen-bond donors (Lipinski definition) is 1. The molecule has 1 aromatic rings. The Morgan fingerprint density at radius 1 is 1.12 bits per heavy atom. The second-order valence-corrected chi connectivity index (χ2v) is 4.84. The van der Waals surface area contributed by atoms with E-state index < -0.39 is 0 Å². The average molecular weight is 216 g/mol. The maximum absolute atomic E-state index is 11.8. The highest BCUT2D eigenvalue weighted by atomic mass is 16.2. The molecule has 2 aliphatic rings. The predicted octanol–water partition coefficient (Wildman–Crippen LogP) is 0.713. The van der Waals surface area contributed by atoms with Crippen molar-refractivity contribution >= 4 is 5.91 Å². The Labute approximate surface area is 95.2 Å². The van der Waals surface area contributed by atoms with Crippen LogP contribution in [0.1, 0.15) is 17.5 Å². The Hall–Kier alpha value is -1.35. The Morgan fingerprint density at radius 2 is 1.75 bits per heavy atom. The zero-order valence-corrected chi connectivity index (χ0v) is 9.23. The van der Waals surface area contributed by atoms with Gasteiger partial charge in [-0.2, -0.15) is 0 Å². The van der Waals surface area contributed by atoms with Crippen LogP contribution in [0.25, 0.3) is 0 Å². The van der Waals surface area contributed by atoms with Crippen molar-refractivity contribution in [1.29, 1.82) is 0 Å². The van der Waals surface area contributed by atoms with Crippen LogP contribution < -0.4 is 5.73 Å². The van der Waals surface area contributed by atoms with Crippen molar-refractivity contribution in [2.24, 2.45) is 5.73 Å². The van der Waals surface area contributed by atoms with Crippen LogP contribution in [0.4, 0.5) is 0 Å². The van der Waals surface area contributed by atoms with Gasteiger partial charge in [0.25, 0.3) is 0 Å². The summed E-state index contributed by atoms with van der Waals surface area (Å²) in [5, 5.41) is 0. The van der Waals surface area contributed by atoms with Crippen LogP contribution in [0.15, 0.2) is 24.3 Å². The highest BCUT2D eigenvalue weighted by Gasteiger charge is 2.35. The molecule has 3 nitrogen and oxygen atoms in total. The predicted molar refractivity (Wildman–Crippen MR) is 61.9 cm³/mol. The maximum atomic E-state index is 11.8. The highest BCUT2D eigenvalue weighted by molar-refractivity contribution is 5.79. The van der Waals surface area contributed by atoms with Crippen molar-refractivity contribution in [3.05, 3.63) is 35.4 Å². The molecular weight excluding hydrogens is 200 g/mol. The molecule has 3 rings (SSSR count). The van der Waals surface area contributed by atoms with Crippen molar-refractivity contribution in [3.8, 4) is 0 Å². The first kappa shape index (κ1) is 9.85. The van der Waals surface area contributed by atoms with Gasteiger partial charge in [-0.15, -0.1) is 0 Å². The summed E-state index contributed by atoms with van der Waals surface area (Å²) in [6, 6.07) is 8.85. The van der Waals surface area contributed by atoms with E-state index in [0.717, 1.165) is 19.4 Å². The van der Waals surface area contributed by atoms with E-state index in [1.54, 1.807) is 0 Å². The molecule has 0 radical (unpaired) electrons. The van der Waals surface area contributed by atoms with E-state index in [1.807, 2.05) is 4.90 Å². The van der Waals surface area contributed by atoms with Crippen LogP contribution in [0.3, 0.4) is 0 Å². The van der Waals surface area contributed by atoms with Crippen molar-refractivity contribution in [3.63, 3.8) is 0 Å². The fraction of sp³-hybridized carbons (Fsp3) is 0.462. The van der Waals surface area contributed by atoms with Gasteiger partial charge in [0, 0.05) is 25.0 Å². The summed E-state index contributed by atoms with van der Waals surface area (Å²) in [7, 11) is 0. The van der Waals surface area contributed by atoms with Crippen molar-refractivity contribution in [2.75, 3.05) is 6.54 Å². The third-order valence-electron chi connectivity index (χ3n) is 3.66. The molecule has 1 aromatic carbocycles. The third-order valence-corrected chi connectivity index (χ3v) is 3.66. The summed E-state index contributed by atoms with van der Waals surface area (Å²) in [6.45, 7) is 0.734. The number of likely N-dealkylation sites (tertiary alicyclic amines) is 1. The van der Waals surface area contributed by atoms with E-state index in [1.165, 1.54) is 11.1 Å². The standard InChI is InChI=1S/C13H16N2O/c14-11-7-13(16)15(8-11)12-5-9-3-1-2-4-10(9)6-12/h1-4,11-12H,5-8,14H2/t11-/m1/s1. The van der Waals surface area contributed by atoms with Crippen LogP contribution in [-0.2, 0) is 17.6 Å². The smallest absolute Gasteiger partial charge is 0.224 e. The minimum absolute atomic E-state index is 0.0382. The average Bonchev–Trinajstić information content (AvgIpc) is 2.81. The number of nitrogens with two attached hydrogens (primary N) is 1. The molecule has 0 saturated carbocycles. The molecule has 2 N–H and O–H groups in total. The van der Waals surface area contributed by atoms with Gasteiger partial charge in [-0.25, -0.2) is 0 Å². The lowest BCUT2D eigenvalue weighted by atomic mass is 10.1. The molecule has 1 fully saturated rings. The number of hydrogen-bond acceptors (Lipinski definition) is 2. The Balaban J connectivity index is 1.79. The Bertz CT molecular complexity index is 405. The van der Waals surface area contributed by atoms with Gasteiger partial charge in [0.05, 0.1) is 0 Å². The fourth-order valence-corrected chi connectivity index (χ4v) is 2.87. The first-order valence-electron chi connectivity index (χ1n) is 5.86. The van der Waals surface area contributed by atoms with Crippen LogP contribution in [-0.4, -0.2) is 29.4 Å². The second kappa shape index (κ2) is 3.59. The van der Waals surface area contributed by atoms with Gasteiger partial charge >= 0.3 is 0 Å². The summed E-state index contributed by atoms with van der Waals surface area (Å²) in [5.41, 5.74) is 8.60. The summed E-state index contributed by atoms with van der Waals surface area (Å²) in [4.78, 5) is 13.7. The maximum Gasteiger partial charge on any atom is 0.224 e. The normalized spacial score (nSPS) is 25.2. The van der Waals surface area contributed by atoms with E-state index in [0.29, 0.717) is 12.5 Å².